The molecule has 0 saturated carbocycles. The molecule has 0 saturated heterocycles. The molecule has 0 fully saturated rings. The van der Waals surface area contributed by atoms with Crippen LogP contribution < -0.4 is 4.72 Å². The van der Waals surface area contributed by atoms with Crippen LogP contribution in [0.15, 0.2) is 0 Å². The van der Waals surface area contributed by atoms with Crippen LogP contribution in [0.1, 0.15) is 13.8 Å². The van der Waals surface area contributed by atoms with E-state index in [2.05, 4.69) is 4.74 Å². The molecule has 0 aromatic heterocycles. The molecule has 0 aromatic rings. The van der Waals surface area contributed by atoms with Gasteiger partial charge in [-0.25, -0.2) is 16.8 Å². The molecule has 17 heavy (non-hydrogen) atoms. The molecule has 9 heteroatoms. The van der Waals surface area contributed by atoms with Crippen molar-refractivity contribution in [3.8, 4) is 0 Å². The molecule has 0 radical (unpaired) electrons. The summed E-state index contributed by atoms with van der Waals surface area (Å²) in [4.78, 5) is 11.3. The van der Waals surface area contributed by atoms with Crippen LogP contribution in [-0.2, 0) is 29.4 Å². The standard InChI is InChI=1S/C8H17NO6S2/c1-6(2)7(8(10)15-3)9-17(13,14)5-16(4,11)12/h6-7,9H,5H2,1-4H3. The monoisotopic (exact) mass is 287 g/mol. The Morgan fingerprint density at radius 2 is 1.71 bits per heavy atom. The molecule has 1 unspecified atom stereocenters. The van der Waals surface area contributed by atoms with E-state index in [0.29, 0.717) is 0 Å². The smallest absolute Gasteiger partial charge is 0.324 e. The SMILES string of the molecule is COC(=O)C(NS(=O)(=O)CS(C)(=O)=O)C(C)C. The Hall–Kier alpha value is -0.670. The molecular formula is C8H17NO6S2. The van der Waals surface area contributed by atoms with Crippen molar-refractivity contribution in [2.24, 2.45) is 5.92 Å². The Labute approximate surface area is 102 Å². The van der Waals surface area contributed by atoms with Gasteiger partial charge in [0, 0.05) is 6.26 Å². The first-order valence-electron chi connectivity index (χ1n) is 4.74. The maximum absolute atomic E-state index is 11.5. The molecule has 0 aliphatic heterocycles. The van der Waals surface area contributed by atoms with Crippen LogP contribution in [0.2, 0.25) is 0 Å². The minimum atomic E-state index is -4.08. The van der Waals surface area contributed by atoms with E-state index in [9.17, 15) is 21.6 Å². The largest absolute Gasteiger partial charge is 0.468 e. The fourth-order valence-corrected chi connectivity index (χ4v) is 4.37. The van der Waals surface area contributed by atoms with E-state index in [4.69, 9.17) is 0 Å². The number of hydrogen-bond donors (Lipinski definition) is 1. The van der Waals surface area contributed by atoms with E-state index in [1.807, 2.05) is 4.72 Å². The lowest BCUT2D eigenvalue weighted by Gasteiger charge is -2.19. The van der Waals surface area contributed by atoms with Gasteiger partial charge in [0.15, 0.2) is 14.9 Å². The zero-order chi connectivity index (χ0) is 13.9. The van der Waals surface area contributed by atoms with Gasteiger partial charge in [0.1, 0.15) is 6.04 Å². The lowest BCUT2D eigenvalue weighted by Crippen LogP contribution is -2.46. The number of carbonyl (C=O) groups is 1. The summed E-state index contributed by atoms with van der Waals surface area (Å²) < 4.78 is 51.2. The minimum Gasteiger partial charge on any atom is -0.468 e. The third-order valence-electron chi connectivity index (χ3n) is 1.80. The topological polar surface area (TPSA) is 107 Å². The van der Waals surface area contributed by atoms with Gasteiger partial charge >= 0.3 is 5.97 Å². The molecule has 0 aliphatic carbocycles. The number of ether oxygens (including phenoxy) is 1. The average Bonchev–Trinajstić information content (AvgIpc) is 2.08. The summed E-state index contributed by atoms with van der Waals surface area (Å²) in [5.74, 6) is -1.10. The molecule has 102 valence electrons. The van der Waals surface area contributed by atoms with Crippen molar-refractivity contribution < 1.29 is 26.4 Å². The van der Waals surface area contributed by atoms with Crippen LogP contribution >= 0.6 is 0 Å². The number of hydrogen-bond acceptors (Lipinski definition) is 6. The predicted molar refractivity (Wildman–Crippen MR) is 62.4 cm³/mol. The van der Waals surface area contributed by atoms with E-state index in [-0.39, 0.29) is 5.92 Å². The zero-order valence-corrected chi connectivity index (χ0v) is 11.8. The number of sulfonamides is 1. The number of sulfone groups is 1. The number of esters is 1. The third kappa shape index (κ3) is 6.59. The fraction of sp³-hybridized carbons (Fsp3) is 0.875. The molecule has 7 nitrogen and oxygen atoms in total. The van der Waals surface area contributed by atoms with Crippen LogP contribution in [0.3, 0.4) is 0 Å². The van der Waals surface area contributed by atoms with Gasteiger partial charge in [-0.15, -0.1) is 0 Å². The van der Waals surface area contributed by atoms with Gasteiger partial charge in [0.2, 0.25) is 10.0 Å². The van der Waals surface area contributed by atoms with Crippen molar-refractivity contribution >= 4 is 25.8 Å². The molecule has 0 bridgehead atoms. The molecule has 1 atom stereocenters. The van der Waals surface area contributed by atoms with Gasteiger partial charge in [-0.05, 0) is 5.92 Å². The van der Waals surface area contributed by atoms with Crippen LogP contribution in [0, 0.1) is 5.92 Å². The van der Waals surface area contributed by atoms with E-state index in [1.54, 1.807) is 13.8 Å². The van der Waals surface area contributed by atoms with E-state index < -0.39 is 37.0 Å². The molecule has 0 amide bonds. The summed E-state index contributed by atoms with van der Waals surface area (Å²) in [5, 5.41) is -1.06. The quantitative estimate of drug-likeness (QED) is 0.635. The maximum Gasteiger partial charge on any atom is 0.324 e. The second-order valence-corrected chi connectivity index (χ2v) is 8.28. The minimum absolute atomic E-state index is 0.350. The normalized spacial score (nSPS) is 14.6. The Kier molecular flexibility index (Phi) is 5.56. The second kappa shape index (κ2) is 5.78. The molecule has 0 spiro atoms. The number of carbonyl (C=O) groups excluding carboxylic acids is 1. The van der Waals surface area contributed by atoms with Gasteiger partial charge < -0.3 is 4.74 Å². The molecule has 0 heterocycles. The van der Waals surface area contributed by atoms with Crippen molar-refractivity contribution in [3.05, 3.63) is 0 Å². The Morgan fingerprint density at radius 3 is 2.00 bits per heavy atom. The molecule has 0 rings (SSSR count). The number of nitrogens with one attached hydrogen (secondary N) is 1. The average molecular weight is 287 g/mol. The van der Waals surface area contributed by atoms with Gasteiger partial charge in [-0.1, -0.05) is 13.8 Å². The van der Waals surface area contributed by atoms with E-state index in [1.165, 1.54) is 0 Å². The Balaban J connectivity index is 4.96. The highest BCUT2D eigenvalue weighted by molar-refractivity contribution is 8.06. The van der Waals surface area contributed by atoms with Crippen LogP contribution in [0.5, 0.6) is 0 Å². The van der Waals surface area contributed by atoms with Crippen molar-refractivity contribution in [2.45, 2.75) is 19.9 Å². The lowest BCUT2D eigenvalue weighted by atomic mass is 10.1. The maximum atomic E-state index is 11.5. The number of rotatable bonds is 6. The van der Waals surface area contributed by atoms with Gasteiger partial charge in [-0.2, -0.15) is 4.72 Å². The van der Waals surface area contributed by atoms with Crippen molar-refractivity contribution in [3.63, 3.8) is 0 Å². The first-order chi connectivity index (χ1) is 7.48. The summed E-state index contributed by atoms with van der Waals surface area (Å²) in [6.45, 7) is 3.23. The molecule has 0 aromatic carbocycles. The fourth-order valence-electron chi connectivity index (χ4n) is 1.09. The zero-order valence-electron chi connectivity index (χ0n) is 10.1. The molecule has 1 N–H and O–H groups in total. The van der Waals surface area contributed by atoms with Gasteiger partial charge in [0.25, 0.3) is 0 Å². The molecule has 0 aliphatic rings. The summed E-state index contributed by atoms with van der Waals surface area (Å²) in [6, 6.07) is -1.09. The summed E-state index contributed by atoms with van der Waals surface area (Å²) in [7, 11) is -6.64. The summed E-state index contributed by atoms with van der Waals surface area (Å²) >= 11 is 0. The molecular weight excluding hydrogens is 270 g/mol. The lowest BCUT2D eigenvalue weighted by molar-refractivity contribution is -0.143. The van der Waals surface area contributed by atoms with Crippen molar-refractivity contribution in [2.75, 3.05) is 18.5 Å². The first kappa shape index (κ1) is 16.3. The number of methoxy groups -OCH3 is 1. The third-order valence-corrected chi connectivity index (χ3v) is 5.36. The second-order valence-electron chi connectivity index (χ2n) is 4.02. The summed E-state index contributed by atoms with van der Waals surface area (Å²) in [6.07, 6.45) is 0.800. The van der Waals surface area contributed by atoms with Gasteiger partial charge in [-0.3, -0.25) is 4.79 Å². The highest BCUT2D eigenvalue weighted by Crippen LogP contribution is 2.06. The highest BCUT2D eigenvalue weighted by atomic mass is 32.3. The first-order valence-corrected chi connectivity index (χ1v) is 8.45. The summed E-state index contributed by atoms with van der Waals surface area (Å²) in [5.41, 5.74) is 0. The van der Waals surface area contributed by atoms with Crippen molar-refractivity contribution in [1.82, 2.24) is 4.72 Å². The van der Waals surface area contributed by atoms with Crippen molar-refractivity contribution in [1.29, 1.82) is 0 Å². The Bertz CT molecular complexity index is 464. The van der Waals surface area contributed by atoms with E-state index in [0.717, 1.165) is 13.4 Å². The highest BCUT2D eigenvalue weighted by Gasteiger charge is 2.29. The van der Waals surface area contributed by atoms with Gasteiger partial charge in [0.05, 0.1) is 7.11 Å². The Morgan fingerprint density at radius 1 is 1.24 bits per heavy atom. The van der Waals surface area contributed by atoms with Crippen LogP contribution in [0.4, 0.5) is 0 Å². The van der Waals surface area contributed by atoms with Crippen LogP contribution in [-0.4, -0.2) is 47.3 Å². The van der Waals surface area contributed by atoms with E-state index >= 15 is 0 Å². The van der Waals surface area contributed by atoms with Crippen LogP contribution in [0.25, 0.3) is 0 Å². The predicted octanol–water partition coefficient (Wildman–Crippen LogP) is -0.894.